The average molecular weight is 516 g/mol. The number of benzene rings is 1. The van der Waals surface area contributed by atoms with Crippen LogP contribution in [0.3, 0.4) is 0 Å². The number of halogens is 1. The largest absolute Gasteiger partial charge is 0.382 e. The Bertz CT molecular complexity index is 619. The second-order valence-electron chi connectivity index (χ2n) is 7.20. The molecule has 0 aromatic heterocycles. The van der Waals surface area contributed by atoms with Crippen LogP contribution in [-0.2, 0) is 16.1 Å². The molecule has 164 valence electrons. The minimum absolute atomic E-state index is 0. The van der Waals surface area contributed by atoms with Gasteiger partial charge in [-0.1, -0.05) is 25.0 Å². The number of guanidine groups is 1. The van der Waals surface area contributed by atoms with Gasteiger partial charge >= 0.3 is 0 Å². The summed E-state index contributed by atoms with van der Waals surface area (Å²) in [4.78, 5) is 17.0. The first kappa shape index (κ1) is 25.7. The number of aliphatic imine (C=N–C) groups is 1. The van der Waals surface area contributed by atoms with Crippen molar-refractivity contribution in [2.45, 2.75) is 58.9 Å². The summed E-state index contributed by atoms with van der Waals surface area (Å²) < 4.78 is 5.36. The fraction of sp³-hybridized carbons (Fsp3) is 0.636. The third kappa shape index (κ3) is 10.3. The van der Waals surface area contributed by atoms with E-state index in [1.165, 1.54) is 12.8 Å². The molecule has 0 spiro atoms. The Balaban J connectivity index is 0.00000420. The summed E-state index contributed by atoms with van der Waals surface area (Å²) in [6.45, 7) is 7.93. The van der Waals surface area contributed by atoms with E-state index < -0.39 is 0 Å². The second kappa shape index (κ2) is 15.5. The van der Waals surface area contributed by atoms with Crippen molar-refractivity contribution in [1.29, 1.82) is 0 Å². The van der Waals surface area contributed by atoms with Gasteiger partial charge in [0.1, 0.15) is 0 Å². The van der Waals surface area contributed by atoms with Crippen LogP contribution < -0.4 is 16.0 Å². The van der Waals surface area contributed by atoms with Gasteiger partial charge in [-0.3, -0.25) is 4.79 Å². The van der Waals surface area contributed by atoms with E-state index in [0.717, 1.165) is 69.2 Å². The van der Waals surface area contributed by atoms with E-state index >= 15 is 0 Å². The summed E-state index contributed by atoms with van der Waals surface area (Å²) >= 11 is 0. The molecule has 0 unspecified atom stereocenters. The van der Waals surface area contributed by atoms with Crippen molar-refractivity contribution in [3.8, 4) is 0 Å². The predicted molar refractivity (Wildman–Crippen MR) is 131 cm³/mol. The molecule has 0 aliphatic heterocycles. The number of rotatable bonds is 11. The molecule has 0 atom stereocenters. The predicted octanol–water partition coefficient (Wildman–Crippen LogP) is 4.31. The highest BCUT2D eigenvalue weighted by molar-refractivity contribution is 14.0. The Labute approximate surface area is 192 Å². The van der Waals surface area contributed by atoms with E-state index in [4.69, 9.17) is 4.74 Å². The number of anilines is 1. The molecule has 1 saturated carbocycles. The average Bonchev–Trinajstić information content (AvgIpc) is 3.24. The zero-order valence-electron chi connectivity index (χ0n) is 17.8. The summed E-state index contributed by atoms with van der Waals surface area (Å²) in [5.74, 6) is 1.15. The summed E-state index contributed by atoms with van der Waals surface area (Å²) in [6.07, 6.45) is 6.45. The van der Waals surface area contributed by atoms with Crippen molar-refractivity contribution < 1.29 is 9.53 Å². The van der Waals surface area contributed by atoms with E-state index in [0.29, 0.717) is 6.54 Å². The van der Waals surface area contributed by atoms with Gasteiger partial charge in [0, 0.05) is 37.9 Å². The summed E-state index contributed by atoms with van der Waals surface area (Å²) in [6, 6.07) is 7.98. The van der Waals surface area contributed by atoms with E-state index in [1.54, 1.807) is 0 Å². The highest BCUT2D eigenvalue weighted by atomic mass is 127. The minimum Gasteiger partial charge on any atom is -0.382 e. The number of nitrogens with one attached hydrogen (secondary N) is 3. The number of amides is 1. The molecule has 1 aromatic carbocycles. The van der Waals surface area contributed by atoms with Gasteiger partial charge in [-0.2, -0.15) is 0 Å². The quantitative estimate of drug-likeness (QED) is 0.178. The van der Waals surface area contributed by atoms with E-state index in [9.17, 15) is 4.79 Å². The first-order valence-electron chi connectivity index (χ1n) is 10.7. The molecule has 0 bridgehead atoms. The normalized spacial score (nSPS) is 14.3. The van der Waals surface area contributed by atoms with Crippen molar-refractivity contribution in [1.82, 2.24) is 10.6 Å². The van der Waals surface area contributed by atoms with Crippen LogP contribution in [0.15, 0.2) is 29.3 Å². The van der Waals surface area contributed by atoms with Gasteiger partial charge in [-0.05, 0) is 57.2 Å². The smallest absolute Gasteiger partial charge is 0.227 e. The van der Waals surface area contributed by atoms with Crippen molar-refractivity contribution in [2.24, 2.45) is 10.9 Å². The van der Waals surface area contributed by atoms with Gasteiger partial charge < -0.3 is 20.7 Å². The number of ether oxygens (including phenoxy) is 1. The first-order valence-corrected chi connectivity index (χ1v) is 10.7. The monoisotopic (exact) mass is 516 g/mol. The zero-order chi connectivity index (χ0) is 20.0. The minimum atomic E-state index is 0. The van der Waals surface area contributed by atoms with Gasteiger partial charge in [-0.25, -0.2) is 4.99 Å². The van der Waals surface area contributed by atoms with Crippen LogP contribution in [0.5, 0.6) is 0 Å². The first-order chi connectivity index (χ1) is 13.7. The molecule has 1 fully saturated rings. The molecule has 0 saturated heterocycles. The van der Waals surface area contributed by atoms with Crippen LogP contribution in [0.1, 0.15) is 57.9 Å². The van der Waals surface area contributed by atoms with Crippen LogP contribution in [-0.4, -0.2) is 38.2 Å². The maximum absolute atomic E-state index is 12.3. The molecule has 7 heteroatoms. The number of hydrogen-bond acceptors (Lipinski definition) is 3. The zero-order valence-corrected chi connectivity index (χ0v) is 20.2. The Hall–Kier alpha value is -1.35. The van der Waals surface area contributed by atoms with Gasteiger partial charge in [0.2, 0.25) is 5.91 Å². The molecule has 1 aliphatic carbocycles. The maximum atomic E-state index is 12.3. The van der Waals surface area contributed by atoms with Crippen molar-refractivity contribution in [3.05, 3.63) is 29.8 Å². The third-order valence-electron chi connectivity index (χ3n) is 4.90. The molecule has 3 N–H and O–H groups in total. The number of nitrogens with zero attached hydrogens (tertiary/aromatic N) is 1. The van der Waals surface area contributed by atoms with Crippen LogP contribution in [0, 0.1) is 5.92 Å². The Morgan fingerprint density at radius 1 is 1.17 bits per heavy atom. The van der Waals surface area contributed by atoms with E-state index in [-0.39, 0.29) is 35.8 Å². The maximum Gasteiger partial charge on any atom is 0.227 e. The SMILES string of the molecule is CCNC(=NCc1cccc(NC(=O)C2CCCC2)c1)NCCCCOCC.I. The lowest BCUT2D eigenvalue weighted by atomic mass is 10.1. The highest BCUT2D eigenvalue weighted by Gasteiger charge is 2.22. The van der Waals surface area contributed by atoms with Crippen molar-refractivity contribution in [2.75, 3.05) is 31.6 Å². The number of carbonyl (C=O) groups is 1. The highest BCUT2D eigenvalue weighted by Crippen LogP contribution is 2.26. The van der Waals surface area contributed by atoms with Crippen LogP contribution >= 0.6 is 24.0 Å². The fourth-order valence-electron chi connectivity index (χ4n) is 3.37. The fourth-order valence-corrected chi connectivity index (χ4v) is 3.37. The van der Waals surface area contributed by atoms with Crippen LogP contribution in [0.2, 0.25) is 0 Å². The van der Waals surface area contributed by atoms with E-state index in [2.05, 4.69) is 27.9 Å². The topological polar surface area (TPSA) is 74.8 Å². The molecular formula is C22H37IN4O2. The molecule has 1 aliphatic rings. The van der Waals surface area contributed by atoms with Crippen molar-refractivity contribution >= 4 is 41.5 Å². The number of carbonyl (C=O) groups excluding carboxylic acids is 1. The molecular weight excluding hydrogens is 479 g/mol. The summed E-state index contributed by atoms with van der Waals surface area (Å²) in [7, 11) is 0. The molecule has 0 radical (unpaired) electrons. The standard InChI is InChI=1S/C22H36N4O2.HI/c1-3-23-22(24-14-7-8-15-28-4-2)25-17-18-10-9-13-20(16-18)26-21(27)19-11-5-6-12-19;/h9-10,13,16,19H,3-8,11-12,14-15,17H2,1-2H3,(H,26,27)(H2,23,24,25);1H. The third-order valence-corrected chi connectivity index (χ3v) is 4.90. The lowest BCUT2D eigenvalue weighted by Crippen LogP contribution is -2.37. The summed E-state index contributed by atoms with van der Waals surface area (Å²) in [5.41, 5.74) is 1.94. The molecule has 0 heterocycles. The van der Waals surface area contributed by atoms with Crippen LogP contribution in [0.25, 0.3) is 0 Å². The Morgan fingerprint density at radius 3 is 2.69 bits per heavy atom. The lowest BCUT2D eigenvalue weighted by Gasteiger charge is -2.12. The van der Waals surface area contributed by atoms with E-state index in [1.807, 2.05) is 31.2 Å². The molecule has 2 rings (SSSR count). The van der Waals surface area contributed by atoms with Gasteiger partial charge in [0.15, 0.2) is 5.96 Å². The molecule has 29 heavy (non-hydrogen) atoms. The van der Waals surface area contributed by atoms with Gasteiger partial charge in [0.25, 0.3) is 0 Å². The summed E-state index contributed by atoms with van der Waals surface area (Å²) in [5, 5.41) is 9.71. The number of unbranched alkanes of at least 4 members (excludes halogenated alkanes) is 1. The van der Waals surface area contributed by atoms with Gasteiger partial charge in [0.05, 0.1) is 6.54 Å². The Kier molecular flexibility index (Phi) is 13.7. The molecule has 1 aromatic rings. The lowest BCUT2D eigenvalue weighted by molar-refractivity contribution is -0.119. The van der Waals surface area contributed by atoms with Crippen LogP contribution in [0.4, 0.5) is 5.69 Å². The second-order valence-corrected chi connectivity index (χ2v) is 7.20. The number of hydrogen-bond donors (Lipinski definition) is 3. The molecule has 1 amide bonds. The van der Waals surface area contributed by atoms with Gasteiger partial charge in [-0.15, -0.1) is 24.0 Å². The Morgan fingerprint density at radius 2 is 1.97 bits per heavy atom. The van der Waals surface area contributed by atoms with Crippen molar-refractivity contribution in [3.63, 3.8) is 0 Å². The molecule has 6 nitrogen and oxygen atoms in total.